The van der Waals surface area contributed by atoms with Crippen molar-refractivity contribution in [3.63, 3.8) is 0 Å². The van der Waals surface area contributed by atoms with E-state index in [1.165, 1.54) is 23.1 Å². The highest BCUT2D eigenvalue weighted by Crippen LogP contribution is 2.35. The van der Waals surface area contributed by atoms with Gasteiger partial charge in [-0.2, -0.15) is 0 Å². The van der Waals surface area contributed by atoms with Crippen LogP contribution >= 0.6 is 0 Å². The van der Waals surface area contributed by atoms with Crippen LogP contribution in [0.15, 0.2) is 36.4 Å². The number of halogens is 1. The van der Waals surface area contributed by atoms with E-state index in [-0.39, 0.29) is 36.6 Å². The smallest absolute Gasteiger partial charge is 0.265 e. The number of carbonyl (C=O) groups is 3. The Hall–Kier alpha value is -3.42. The van der Waals surface area contributed by atoms with Crippen molar-refractivity contribution in [3.05, 3.63) is 53.3 Å². The molecule has 0 radical (unpaired) electrons. The van der Waals surface area contributed by atoms with Crippen molar-refractivity contribution in [1.82, 2.24) is 4.90 Å². The standard InChI is InChI=1S/C25H27FN2O5/c1-16-12-19(26)7-9-22(16)32-14-21(29)18-6-8-23-20(13-18)28(24(30)15-33-23)17(2)25(31)27-10-4-3-5-11-27/h6-9,12-13,17H,3-5,10-11,14-15H2,1-2H3. The van der Waals surface area contributed by atoms with Crippen molar-refractivity contribution in [2.75, 3.05) is 31.2 Å². The Morgan fingerprint density at radius 3 is 2.61 bits per heavy atom. The van der Waals surface area contributed by atoms with Gasteiger partial charge in [0.05, 0.1) is 5.69 Å². The first-order valence-electron chi connectivity index (χ1n) is 11.1. The molecule has 174 valence electrons. The number of fused-ring (bicyclic) bond motifs is 1. The van der Waals surface area contributed by atoms with Crippen molar-refractivity contribution in [2.24, 2.45) is 0 Å². The molecule has 4 rings (SSSR count). The van der Waals surface area contributed by atoms with Crippen LogP contribution in [0.2, 0.25) is 0 Å². The predicted octanol–water partition coefficient (Wildman–Crippen LogP) is 3.52. The first-order valence-corrected chi connectivity index (χ1v) is 11.1. The number of anilines is 1. The van der Waals surface area contributed by atoms with E-state index < -0.39 is 6.04 Å². The van der Waals surface area contributed by atoms with Gasteiger partial charge < -0.3 is 14.4 Å². The van der Waals surface area contributed by atoms with E-state index in [4.69, 9.17) is 9.47 Å². The number of nitrogens with zero attached hydrogens (tertiary/aromatic N) is 2. The molecule has 1 fully saturated rings. The number of rotatable bonds is 6. The number of ether oxygens (including phenoxy) is 2. The monoisotopic (exact) mass is 454 g/mol. The molecule has 1 saturated heterocycles. The number of ketones is 1. The summed E-state index contributed by atoms with van der Waals surface area (Å²) < 4.78 is 24.4. The molecular weight excluding hydrogens is 427 g/mol. The molecule has 2 aromatic rings. The van der Waals surface area contributed by atoms with Crippen LogP contribution < -0.4 is 14.4 Å². The van der Waals surface area contributed by atoms with Gasteiger partial charge in [0.15, 0.2) is 19.0 Å². The van der Waals surface area contributed by atoms with Gasteiger partial charge in [0.25, 0.3) is 5.91 Å². The van der Waals surface area contributed by atoms with E-state index in [1.807, 2.05) is 0 Å². The minimum Gasteiger partial charge on any atom is -0.485 e. The molecule has 0 bridgehead atoms. The molecule has 8 heteroatoms. The largest absolute Gasteiger partial charge is 0.485 e. The normalized spacial score (nSPS) is 16.6. The van der Waals surface area contributed by atoms with Crippen molar-refractivity contribution in [2.45, 2.75) is 39.2 Å². The van der Waals surface area contributed by atoms with E-state index >= 15 is 0 Å². The zero-order valence-electron chi connectivity index (χ0n) is 18.8. The fraction of sp³-hybridized carbons (Fsp3) is 0.400. The number of amides is 2. The molecule has 1 unspecified atom stereocenters. The second kappa shape index (κ2) is 9.60. The minimum absolute atomic E-state index is 0.109. The highest BCUT2D eigenvalue weighted by molar-refractivity contribution is 6.05. The molecule has 0 spiro atoms. The van der Waals surface area contributed by atoms with Gasteiger partial charge in [-0.05, 0) is 75.1 Å². The van der Waals surface area contributed by atoms with E-state index in [2.05, 4.69) is 0 Å². The molecule has 1 atom stereocenters. The van der Waals surface area contributed by atoms with Crippen LogP contribution in [0.4, 0.5) is 10.1 Å². The zero-order valence-corrected chi connectivity index (χ0v) is 18.8. The number of hydrogen-bond donors (Lipinski definition) is 0. The zero-order chi connectivity index (χ0) is 23.5. The van der Waals surface area contributed by atoms with Gasteiger partial charge in [-0.1, -0.05) is 0 Å². The highest BCUT2D eigenvalue weighted by atomic mass is 19.1. The maximum Gasteiger partial charge on any atom is 0.265 e. The van der Waals surface area contributed by atoms with Crippen molar-refractivity contribution in [3.8, 4) is 11.5 Å². The summed E-state index contributed by atoms with van der Waals surface area (Å²) in [6.45, 7) is 4.37. The average molecular weight is 454 g/mol. The van der Waals surface area contributed by atoms with Gasteiger partial charge >= 0.3 is 0 Å². The van der Waals surface area contributed by atoms with Crippen LogP contribution in [-0.2, 0) is 9.59 Å². The van der Waals surface area contributed by atoms with Gasteiger partial charge in [0.1, 0.15) is 23.4 Å². The van der Waals surface area contributed by atoms with Gasteiger partial charge in [-0.15, -0.1) is 0 Å². The first kappa shape index (κ1) is 22.8. The summed E-state index contributed by atoms with van der Waals surface area (Å²) in [6.07, 6.45) is 3.01. The number of Topliss-reactive ketones (excluding diaryl/α,β-unsaturated/α-hetero) is 1. The highest BCUT2D eigenvalue weighted by Gasteiger charge is 2.35. The lowest BCUT2D eigenvalue weighted by molar-refractivity contribution is -0.135. The first-order chi connectivity index (χ1) is 15.8. The predicted molar refractivity (Wildman–Crippen MR) is 120 cm³/mol. The fourth-order valence-corrected chi connectivity index (χ4v) is 4.26. The van der Waals surface area contributed by atoms with E-state index in [1.54, 1.807) is 36.9 Å². The summed E-state index contributed by atoms with van der Waals surface area (Å²) in [7, 11) is 0. The van der Waals surface area contributed by atoms with Crippen molar-refractivity contribution >= 4 is 23.3 Å². The SMILES string of the molecule is Cc1cc(F)ccc1OCC(=O)c1ccc2c(c1)N(C(C)C(=O)N1CCCCC1)C(=O)CO2. The van der Waals surface area contributed by atoms with Crippen LogP contribution in [0.5, 0.6) is 11.5 Å². The van der Waals surface area contributed by atoms with E-state index in [0.717, 1.165) is 19.3 Å². The van der Waals surface area contributed by atoms with Gasteiger partial charge in [-0.25, -0.2) is 4.39 Å². The Balaban J connectivity index is 1.53. The van der Waals surface area contributed by atoms with E-state index in [9.17, 15) is 18.8 Å². The third-order valence-electron chi connectivity index (χ3n) is 6.07. The van der Waals surface area contributed by atoms with Crippen LogP contribution in [0, 0.1) is 12.7 Å². The summed E-state index contributed by atoms with van der Waals surface area (Å²) in [4.78, 5) is 41.8. The van der Waals surface area contributed by atoms with Crippen LogP contribution in [0.1, 0.15) is 42.1 Å². The van der Waals surface area contributed by atoms with E-state index in [0.29, 0.717) is 41.4 Å². The summed E-state index contributed by atoms with van der Waals surface area (Å²) in [5.74, 6) is -0.261. The number of carbonyl (C=O) groups excluding carboxylic acids is 3. The molecule has 2 aliphatic heterocycles. The molecule has 2 amide bonds. The second-order valence-corrected chi connectivity index (χ2v) is 8.42. The summed E-state index contributed by atoms with van der Waals surface area (Å²) in [5.41, 5.74) is 1.31. The van der Waals surface area contributed by atoms with Gasteiger partial charge in [0.2, 0.25) is 5.91 Å². The lowest BCUT2D eigenvalue weighted by Crippen LogP contribution is -2.53. The van der Waals surface area contributed by atoms with Crippen molar-refractivity contribution < 1.29 is 28.2 Å². The molecule has 2 heterocycles. The summed E-state index contributed by atoms with van der Waals surface area (Å²) in [6, 6.07) is 8.17. The fourth-order valence-electron chi connectivity index (χ4n) is 4.26. The lowest BCUT2D eigenvalue weighted by atomic mass is 10.1. The maximum atomic E-state index is 13.3. The Labute approximate surface area is 192 Å². The number of likely N-dealkylation sites (tertiary alicyclic amines) is 1. The molecule has 0 aromatic heterocycles. The van der Waals surface area contributed by atoms with Crippen LogP contribution in [-0.4, -0.2) is 54.8 Å². The van der Waals surface area contributed by atoms with Crippen molar-refractivity contribution in [1.29, 1.82) is 0 Å². The molecule has 2 aromatic carbocycles. The molecule has 0 aliphatic carbocycles. The Kier molecular flexibility index (Phi) is 6.62. The Morgan fingerprint density at radius 1 is 1.12 bits per heavy atom. The number of hydrogen-bond acceptors (Lipinski definition) is 5. The van der Waals surface area contributed by atoms with Crippen LogP contribution in [0.3, 0.4) is 0 Å². The number of aryl methyl sites for hydroxylation is 1. The van der Waals surface area contributed by atoms with Gasteiger partial charge in [-0.3, -0.25) is 19.3 Å². The third-order valence-corrected chi connectivity index (χ3v) is 6.07. The average Bonchev–Trinajstić information content (AvgIpc) is 2.82. The minimum atomic E-state index is -0.707. The summed E-state index contributed by atoms with van der Waals surface area (Å²) >= 11 is 0. The molecule has 0 N–H and O–H groups in total. The molecular formula is C25H27FN2O5. The Morgan fingerprint density at radius 2 is 1.88 bits per heavy atom. The van der Waals surface area contributed by atoms with Crippen LogP contribution in [0.25, 0.3) is 0 Å². The Bertz CT molecular complexity index is 1080. The second-order valence-electron chi connectivity index (χ2n) is 8.42. The third kappa shape index (κ3) is 4.84. The molecule has 7 nitrogen and oxygen atoms in total. The maximum absolute atomic E-state index is 13.3. The molecule has 0 saturated carbocycles. The number of piperidine rings is 1. The summed E-state index contributed by atoms with van der Waals surface area (Å²) in [5, 5.41) is 0. The topological polar surface area (TPSA) is 76.2 Å². The lowest BCUT2D eigenvalue weighted by Gasteiger charge is -2.37. The van der Waals surface area contributed by atoms with Gasteiger partial charge in [0, 0.05) is 18.7 Å². The number of benzene rings is 2. The quantitative estimate of drug-likeness (QED) is 0.625. The molecule has 2 aliphatic rings. The molecule has 33 heavy (non-hydrogen) atoms.